The molecule has 0 aliphatic carbocycles. The Balaban J connectivity index is 2.10. The molecule has 2 rings (SSSR count). The third-order valence-electron chi connectivity index (χ3n) is 2.29. The van der Waals surface area contributed by atoms with Crippen molar-refractivity contribution in [3.8, 4) is 0 Å². The van der Waals surface area contributed by atoms with Crippen LogP contribution in [-0.4, -0.2) is 39.9 Å². The quantitative estimate of drug-likeness (QED) is 0.660. The van der Waals surface area contributed by atoms with Crippen molar-refractivity contribution in [1.82, 2.24) is 14.9 Å². The number of nitrogens with zero attached hydrogens (tertiary/aromatic N) is 3. The van der Waals surface area contributed by atoms with Gasteiger partial charge in [-0.25, -0.2) is 4.98 Å². The molecule has 74 valence electrons. The summed E-state index contributed by atoms with van der Waals surface area (Å²) in [4.78, 5) is 21.3. The molecule has 5 nitrogen and oxygen atoms in total. The van der Waals surface area contributed by atoms with E-state index in [1.165, 1.54) is 12.4 Å². The second kappa shape index (κ2) is 3.71. The summed E-state index contributed by atoms with van der Waals surface area (Å²) < 4.78 is 0. The Morgan fingerprint density at radius 3 is 3.00 bits per heavy atom. The van der Waals surface area contributed by atoms with E-state index in [9.17, 15) is 4.79 Å². The standard InChI is InChI=1S/C9H12N4O/c10-7-1-4-13(6-7)9(14)8-5-11-2-3-12-8/h2-3,5,7H,1,4,6,10H2/t7-/m0/s1. The summed E-state index contributed by atoms with van der Waals surface area (Å²) in [5.74, 6) is -0.0777. The van der Waals surface area contributed by atoms with Crippen LogP contribution in [0.2, 0.25) is 0 Å². The molecule has 1 saturated heterocycles. The zero-order valence-corrected chi connectivity index (χ0v) is 7.76. The van der Waals surface area contributed by atoms with Gasteiger partial charge in [-0.3, -0.25) is 9.78 Å². The lowest BCUT2D eigenvalue weighted by Gasteiger charge is -2.14. The lowest BCUT2D eigenvalue weighted by atomic mass is 10.3. The van der Waals surface area contributed by atoms with Crippen LogP contribution in [-0.2, 0) is 0 Å². The Morgan fingerprint density at radius 2 is 2.43 bits per heavy atom. The summed E-state index contributed by atoms with van der Waals surface area (Å²) >= 11 is 0. The molecule has 0 aromatic carbocycles. The fourth-order valence-corrected chi connectivity index (χ4v) is 1.54. The van der Waals surface area contributed by atoms with Crippen molar-refractivity contribution >= 4 is 5.91 Å². The van der Waals surface area contributed by atoms with E-state index in [0.717, 1.165) is 13.0 Å². The molecule has 1 atom stereocenters. The van der Waals surface area contributed by atoms with Gasteiger partial charge in [0.25, 0.3) is 5.91 Å². The Morgan fingerprint density at radius 1 is 1.57 bits per heavy atom. The monoisotopic (exact) mass is 192 g/mol. The first-order chi connectivity index (χ1) is 6.77. The first-order valence-corrected chi connectivity index (χ1v) is 4.58. The van der Waals surface area contributed by atoms with E-state index in [1.807, 2.05) is 0 Å². The summed E-state index contributed by atoms with van der Waals surface area (Å²) in [5.41, 5.74) is 6.10. The van der Waals surface area contributed by atoms with E-state index in [2.05, 4.69) is 9.97 Å². The van der Waals surface area contributed by atoms with Crippen molar-refractivity contribution in [3.63, 3.8) is 0 Å². The molecule has 2 heterocycles. The van der Waals surface area contributed by atoms with Gasteiger partial charge in [0.05, 0.1) is 6.20 Å². The summed E-state index contributed by atoms with van der Waals surface area (Å²) in [6, 6.07) is 0.107. The smallest absolute Gasteiger partial charge is 0.274 e. The summed E-state index contributed by atoms with van der Waals surface area (Å²) in [6.07, 6.45) is 5.41. The summed E-state index contributed by atoms with van der Waals surface area (Å²) in [5, 5.41) is 0. The minimum Gasteiger partial charge on any atom is -0.336 e. The minimum atomic E-state index is -0.0777. The number of rotatable bonds is 1. The van der Waals surface area contributed by atoms with E-state index < -0.39 is 0 Å². The van der Waals surface area contributed by atoms with Crippen LogP contribution < -0.4 is 5.73 Å². The molecule has 1 aromatic heterocycles. The van der Waals surface area contributed by atoms with Gasteiger partial charge in [0, 0.05) is 31.5 Å². The molecule has 0 radical (unpaired) electrons. The molecule has 1 aromatic rings. The molecule has 0 saturated carbocycles. The van der Waals surface area contributed by atoms with Crippen LogP contribution in [0.15, 0.2) is 18.6 Å². The maximum atomic E-state index is 11.8. The average molecular weight is 192 g/mol. The predicted octanol–water partition coefficient (Wildman–Crippen LogP) is -0.350. The Labute approximate surface area is 82.0 Å². The van der Waals surface area contributed by atoms with Gasteiger partial charge in [0.1, 0.15) is 5.69 Å². The van der Waals surface area contributed by atoms with Gasteiger partial charge in [0.15, 0.2) is 0 Å². The summed E-state index contributed by atoms with van der Waals surface area (Å²) in [6.45, 7) is 1.34. The number of likely N-dealkylation sites (tertiary alicyclic amines) is 1. The van der Waals surface area contributed by atoms with Gasteiger partial charge in [-0.2, -0.15) is 0 Å². The second-order valence-corrected chi connectivity index (χ2v) is 3.39. The number of hydrogen-bond donors (Lipinski definition) is 1. The predicted molar refractivity (Wildman–Crippen MR) is 50.5 cm³/mol. The van der Waals surface area contributed by atoms with E-state index in [0.29, 0.717) is 12.2 Å². The Kier molecular flexibility index (Phi) is 2.41. The molecule has 0 spiro atoms. The molecule has 0 unspecified atom stereocenters. The maximum absolute atomic E-state index is 11.8. The topological polar surface area (TPSA) is 72.1 Å². The number of carbonyl (C=O) groups excluding carboxylic acids is 1. The number of hydrogen-bond acceptors (Lipinski definition) is 4. The highest BCUT2D eigenvalue weighted by Crippen LogP contribution is 2.09. The molecule has 1 amide bonds. The lowest BCUT2D eigenvalue weighted by Crippen LogP contribution is -2.32. The van der Waals surface area contributed by atoms with Crippen molar-refractivity contribution in [2.75, 3.05) is 13.1 Å². The van der Waals surface area contributed by atoms with Crippen molar-refractivity contribution in [2.45, 2.75) is 12.5 Å². The molecular weight excluding hydrogens is 180 g/mol. The SMILES string of the molecule is N[C@H]1CCN(C(=O)c2cnccn2)C1. The highest BCUT2D eigenvalue weighted by Gasteiger charge is 2.25. The van der Waals surface area contributed by atoms with E-state index in [-0.39, 0.29) is 11.9 Å². The largest absolute Gasteiger partial charge is 0.336 e. The van der Waals surface area contributed by atoms with Crippen LogP contribution in [0.5, 0.6) is 0 Å². The van der Waals surface area contributed by atoms with Gasteiger partial charge >= 0.3 is 0 Å². The fraction of sp³-hybridized carbons (Fsp3) is 0.444. The minimum absolute atomic E-state index is 0.0777. The average Bonchev–Trinajstić information content (AvgIpc) is 2.65. The van der Waals surface area contributed by atoms with Gasteiger partial charge in [0.2, 0.25) is 0 Å². The van der Waals surface area contributed by atoms with E-state index in [1.54, 1.807) is 11.1 Å². The van der Waals surface area contributed by atoms with Crippen LogP contribution in [0, 0.1) is 0 Å². The third kappa shape index (κ3) is 1.72. The van der Waals surface area contributed by atoms with Crippen LogP contribution in [0.25, 0.3) is 0 Å². The maximum Gasteiger partial charge on any atom is 0.274 e. The molecule has 1 fully saturated rings. The van der Waals surface area contributed by atoms with Crippen molar-refractivity contribution < 1.29 is 4.79 Å². The number of carbonyl (C=O) groups is 1. The van der Waals surface area contributed by atoms with Crippen LogP contribution >= 0.6 is 0 Å². The molecule has 0 bridgehead atoms. The van der Waals surface area contributed by atoms with Crippen LogP contribution in [0.3, 0.4) is 0 Å². The van der Waals surface area contributed by atoms with Crippen molar-refractivity contribution in [2.24, 2.45) is 5.73 Å². The van der Waals surface area contributed by atoms with Crippen LogP contribution in [0.4, 0.5) is 0 Å². The zero-order chi connectivity index (χ0) is 9.97. The van der Waals surface area contributed by atoms with Gasteiger partial charge in [-0.15, -0.1) is 0 Å². The molecule has 14 heavy (non-hydrogen) atoms. The number of amides is 1. The van der Waals surface area contributed by atoms with Crippen molar-refractivity contribution in [1.29, 1.82) is 0 Å². The Hall–Kier alpha value is -1.49. The van der Waals surface area contributed by atoms with Gasteiger partial charge in [-0.1, -0.05) is 0 Å². The number of nitrogens with two attached hydrogens (primary N) is 1. The molecule has 2 N–H and O–H groups in total. The van der Waals surface area contributed by atoms with E-state index >= 15 is 0 Å². The van der Waals surface area contributed by atoms with Crippen LogP contribution in [0.1, 0.15) is 16.9 Å². The van der Waals surface area contributed by atoms with Gasteiger partial charge < -0.3 is 10.6 Å². The third-order valence-corrected chi connectivity index (χ3v) is 2.29. The molecule has 1 aliphatic rings. The Bertz CT molecular complexity index is 327. The summed E-state index contributed by atoms with van der Waals surface area (Å²) in [7, 11) is 0. The molecule has 1 aliphatic heterocycles. The molecular formula is C9H12N4O. The lowest BCUT2D eigenvalue weighted by molar-refractivity contribution is 0.0784. The second-order valence-electron chi connectivity index (χ2n) is 3.39. The first-order valence-electron chi connectivity index (χ1n) is 4.58. The molecule has 5 heteroatoms. The highest BCUT2D eigenvalue weighted by atomic mass is 16.2. The van der Waals surface area contributed by atoms with Gasteiger partial charge in [-0.05, 0) is 6.42 Å². The first kappa shape index (κ1) is 9.08. The highest BCUT2D eigenvalue weighted by molar-refractivity contribution is 5.92. The van der Waals surface area contributed by atoms with E-state index in [4.69, 9.17) is 5.73 Å². The normalized spacial score (nSPS) is 21.2. The zero-order valence-electron chi connectivity index (χ0n) is 7.76. The fourth-order valence-electron chi connectivity index (χ4n) is 1.54. The number of aromatic nitrogens is 2. The van der Waals surface area contributed by atoms with Crippen molar-refractivity contribution in [3.05, 3.63) is 24.3 Å².